The largest absolute Gasteiger partial charge is 0.393 e. The first kappa shape index (κ1) is 24.9. The minimum atomic E-state index is -0.431. The second-order valence-corrected chi connectivity index (χ2v) is 10.1. The van der Waals surface area contributed by atoms with E-state index in [1.54, 1.807) is 12.1 Å². The summed E-state index contributed by atoms with van der Waals surface area (Å²) in [5.74, 6) is 0.527. The lowest BCUT2D eigenvalue weighted by atomic mass is 10.1. The van der Waals surface area contributed by atoms with Crippen molar-refractivity contribution < 1.29 is 19.0 Å². The molecule has 1 aromatic heterocycles. The van der Waals surface area contributed by atoms with Crippen molar-refractivity contribution in [3.8, 4) is 0 Å². The number of nitrogens with zero attached hydrogens (tertiary/aromatic N) is 3. The molecule has 2 fully saturated rings. The standard InChI is InChI=1S/C28H31ClFN3O3/c29-22-6-5-20-16-21(27(31-25(20)17-22)32-13-10-24(34)11-14-32)18-33(28(35)26-2-1-15-36-26)12-9-19-3-7-23(30)8-4-19/h3-8,16-17,24,26,34H,1-2,9-15,18H2. The number of rotatable bonds is 7. The highest BCUT2D eigenvalue weighted by Gasteiger charge is 2.30. The highest BCUT2D eigenvalue weighted by Crippen LogP contribution is 2.29. The molecular formula is C28H31ClFN3O3. The number of amides is 1. The number of aromatic nitrogens is 1. The van der Waals surface area contributed by atoms with Gasteiger partial charge in [-0.2, -0.15) is 0 Å². The summed E-state index contributed by atoms with van der Waals surface area (Å²) in [7, 11) is 0. The zero-order chi connectivity index (χ0) is 25.1. The number of benzene rings is 2. The molecule has 0 spiro atoms. The number of carbonyl (C=O) groups is 1. The van der Waals surface area contributed by atoms with E-state index in [0.717, 1.165) is 40.7 Å². The maximum atomic E-state index is 13.5. The van der Waals surface area contributed by atoms with E-state index in [9.17, 15) is 14.3 Å². The molecule has 5 rings (SSSR count). The van der Waals surface area contributed by atoms with Crippen molar-refractivity contribution in [3.05, 3.63) is 70.5 Å². The summed E-state index contributed by atoms with van der Waals surface area (Å²) in [5.41, 5.74) is 2.72. The highest BCUT2D eigenvalue weighted by molar-refractivity contribution is 6.31. The van der Waals surface area contributed by atoms with Gasteiger partial charge in [-0.15, -0.1) is 0 Å². The number of halogens is 2. The fourth-order valence-electron chi connectivity index (χ4n) is 5.01. The molecule has 0 radical (unpaired) electrons. The van der Waals surface area contributed by atoms with Gasteiger partial charge in [0.15, 0.2) is 0 Å². The van der Waals surface area contributed by atoms with E-state index in [0.29, 0.717) is 57.1 Å². The number of hydrogen-bond acceptors (Lipinski definition) is 5. The van der Waals surface area contributed by atoms with Crippen molar-refractivity contribution in [1.82, 2.24) is 9.88 Å². The van der Waals surface area contributed by atoms with Crippen LogP contribution in [0, 0.1) is 5.82 Å². The molecule has 190 valence electrons. The topological polar surface area (TPSA) is 65.9 Å². The van der Waals surface area contributed by atoms with Crippen LogP contribution in [0.1, 0.15) is 36.8 Å². The first-order chi connectivity index (χ1) is 17.5. The number of aliphatic hydroxyl groups excluding tert-OH is 1. The molecule has 0 saturated carbocycles. The second kappa shape index (κ2) is 11.1. The third-order valence-corrected chi connectivity index (χ3v) is 7.30. The monoisotopic (exact) mass is 511 g/mol. The van der Waals surface area contributed by atoms with Crippen molar-refractivity contribution in [2.75, 3.05) is 31.1 Å². The van der Waals surface area contributed by atoms with Crippen LogP contribution < -0.4 is 4.90 Å². The number of fused-ring (bicyclic) bond motifs is 1. The Kier molecular flexibility index (Phi) is 7.70. The first-order valence-electron chi connectivity index (χ1n) is 12.6. The average Bonchev–Trinajstić information content (AvgIpc) is 3.42. The van der Waals surface area contributed by atoms with Crippen molar-refractivity contribution in [1.29, 1.82) is 0 Å². The number of ether oxygens (including phenoxy) is 1. The van der Waals surface area contributed by atoms with Gasteiger partial charge in [0.1, 0.15) is 17.7 Å². The fraction of sp³-hybridized carbons (Fsp3) is 0.429. The smallest absolute Gasteiger partial charge is 0.252 e. The highest BCUT2D eigenvalue weighted by atomic mass is 35.5. The van der Waals surface area contributed by atoms with Crippen LogP contribution in [0.4, 0.5) is 10.2 Å². The maximum absolute atomic E-state index is 13.5. The third-order valence-electron chi connectivity index (χ3n) is 7.06. The molecule has 36 heavy (non-hydrogen) atoms. The summed E-state index contributed by atoms with van der Waals surface area (Å²) in [5, 5.41) is 11.6. The van der Waals surface area contributed by atoms with Crippen LogP contribution in [-0.4, -0.2) is 59.3 Å². The van der Waals surface area contributed by atoms with E-state index in [2.05, 4.69) is 11.0 Å². The van der Waals surface area contributed by atoms with E-state index in [1.807, 2.05) is 23.1 Å². The van der Waals surface area contributed by atoms with Gasteiger partial charge in [0, 0.05) is 48.8 Å². The van der Waals surface area contributed by atoms with Crippen LogP contribution in [-0.2, 0) is 22.5 Å². The van der Waals surface area contributed by atoms with Crippen LogP contribution in [0.5, 0.6) is 0 Å². The molecule has 1 unspecified atom stereocenters. The van der Waals surface area contributed by atoms with Crippen molar-refractivity contribution >= 4 is 34.2 Å². The summed E-state index contributed by atoms with van der Waals surface area (Å²) in [6.07, 6.45) is 2.84. The quantitative estimate of drug-likeness (QED) is 0.496. The lowest BCUT2D eigenvalue weighted by Gasteiger charge is -2.33. The van der Waals surface area contributed by atoms with Gasteiger partial charge in [-0.3, -0.25) is 4.79 Å². The van der Waals surface area contributed by atoms with Crippen LogP contribution in [0.3, 0.4) is 0 Å². The number of aliphatic hydroxyl groups is 1. The Morgan fingerprint density at radius 3 is 2.64 bits per heavy atom. The summed E-state index contributed by atoms with van der Waals surface area (Å²) >= 11 is 6.25. The number of pyridine rings is 1. The molecular weight excluding hydrogens is 481 g/mol. The zero-order valence-electron chi connectivity index (χ0n) is 20.2. The van der Waals surface area contributed by atoms with Gasteiger partial charge in [0.25, 0.3) is 5.91 Å². The van der Waals surface area contributed by atoms with Gasteiger partial charge in [0.05, 0.1) is 11.6 Å². The Morgan fingerprint density at radius 1 is 1.14 bits per heavy atom. The summed E-state index contributed by atoms with van der Waals surface area (Å²) in [6.45, 7) is 2.87. The van der Waals surface area contributed by atoms with Gasteiger partial charge in [-0.25, -0.2) is 9.37 Å². The Bertz CT molecular complexity index is 1210. The Morgan fingerprint density at radius 2 is 1.92 bits per heavy atom. The molecule has 0 aliphatic carbocycles. The van der Waals surface area contributed by atoms with Crippen LogP contribution in [0.2, 0.25) is 5.02 Å². The van der Waals surface area contributed by atoms with E-state index < -0.39 is 6.10 Å². The normalized spacial score (nSPS) is 18.6. The minimum Gasteiger partial charge on any atom is -0.393 e. The first-order valence-corrected chi connectivity index (χ1v) is 13.0. The van der Waals surface area contributed by atoms with Gasteiger partial charge in [-0.05, 0) is 68.0 Å². The second-order valence-electron chi connectivity index (χ2n) is 9.66. The van der Waals surface area contributed by atoms with E-state index in [-0.39, 0.29) is 17.8 Å². The van der Waals surface area contributed by atoms with E-state index in [1.165, 1.54) is 12.1 Å². The number of carbonyl (C=O) groups excluding carboxylic acids is 1. The van der Waals surface area contributed by atoms with Gasteiger partial charge in [-0.1, -0.05) is 29.8 Å². The molecule has 1 amide bonds. The molecule has 0 bridgehead atoms. The number of hydrogen-bond donors (Lipinski definition) is 1. The predicted octanol–water partition coefficient (Wildman–Crippen LogP) is 4.74. The molecule has 2 aromatic carbocycles. The molecule has 2 aliphatic rings. The molecule has 2 saturated heterocycles. The third kappa shape index (κ3) is 5.80. The maximum Gasteiger partial charge on any atom is 0.252 e. The summed E-state index contributed by atoms with van der Waals surface area (Å²) in [6, 6.07) is 14.1. The van der Waals surface area contributed by atoms with Crippen LogP contribution in [0.25, 0.3) is 10.9 Å². The fourth-order valence-corrected chi connectivity index (χ4v) is 5.17. The van der Waals surface area contributed by atoms with Crippen molar-refractivity contribution in [2.45, 2.75) is 50.9 Å². The van der Waals surface area contributed by atoms with E-state index >= 15 is 0 Å². The molecule has 1 N–H and O–H groups in total. The van der Waals surface area contributed by atoms with Gasteiger partial charge in [0.2, 0.25) is 0 Å². The van der Waals surface area contributed by atoms with E-state index in [4.69, 9.17) is 21.3 Å². The molecule has 3 heterocycles. The number of anilines is 1. The average molecular weight is 512 g/mol. The SMILES string of the molecule is O=C(C1CCCO1)N(CCc1ccc(F)cc1)Cc1cc2ccc(Cl)cc2nc1N1CCC(O)CC1. The van der Waals surface area contributed by atoms with Crippen molar-refractivity contribution in [3.63, 3.8) is 0 Å². The summed E-state index contributed by atoms with van der Waals surface area (Å²) in [4.78, 5) is 22.5. The molecule has 3 aromatic rings. The molecule has 6 nitrogen and oxygen atoms in total. The predicted molar refractivity (Wildman–Crippen MR) is 139 cm³/mol. The van der Waals surface area contributed by atoms with Gasteiger partial charge < -0.3 is 19.6 Å². The molecule has 2 aliphatic heterocycles. The van der Waals surface area contributed by atoms with Crippen LogP contribution >= 0.6 is 11.6 Å². The lowest BCUT2D eigenvalue weighted by molar-refractivity contribution is -0.141. The molecule has 1 atom stereocenters. The van der Waals surface area contributed by atoms with Gasteiger partial charge >= 0.3 is 0 Å². The summed E-state index contributed by atoms with van der Waals surface area (Å²) < 4.78 is 19.1. The lowest BCUT2D eigenvalue weighted by Crippen LogP contribution is -2.41. The Labute approximate surface area is 215 Å². The Balaban J connectivity index is 1.46. The Hall–Kier alpha value is -2.74. The molecule has 8 heteroatoms. The minimum absolute atomic E-state index is 0.0224. The number of piperidine rings is 1. The van der Waals surface area contributed by atoms with Crippen molar-refractivity contribution in [2.24, 2.45) is 0 Å². The zero-order valence-corrected chi connectivity index (χ0v) is 21.0. The van der Waals surface area contributed by atoms with Crippen LogP contribution in [0.15, 0.2) is 48.5 Å².